The van der Waals surface area contributed by atoms with E-state index in [2.05, 4.69) is 5.32 Å². The van der Waals surface area contributed by atoms with E-state index in [1.165, 1.54) is 32.1 Å². The Morgan fingerprint density at radius 3 is 2.79 bits per heavy atom. The van der Waals surface area contributed by atoms with Crippen LogP contribution in [0.1, 0.15) is 57.1 Å². The number of nitrogens with one attached hydrogen (secondary N) is 1. The third-order valence-corrected chi connectivity index (χ3v) is 4.16. The summed E-state index contributed by atoms with van der Waals surface area (Å²) in [5.74, 6) is 0.750. The molecule has 0 bridgehead atoms. The monoisotopic (exact) mass is 279 g/mol. The van der Waals surface area contributed by atoms with Crippen molar-refractivity contribution in [3.8, 4) is 0 Å². The lowest BCUT2D eigenvalue weighted by molar-refractivity contribution is -0.122. The van der Waals surface area contributed by atoms with Crippen molar-refractivity contribution < 1.29 is 4.79 Å². The van der Waals surface area contributed by atoms with Crippen molar-refractivity contribution in [2.45, 2.75) is 51.5 Å². The van der Waals surface area contributed by atoms with Crippen LogP contribution in [0.25, 0.3) is 0 Å². The third-order valence-electron chi connectivity index (χ3n) is 3.92. The first kappa shape index (κ1) is 14.4. The van der Waals surface area contributed by atoms with Gasteiger partial charge in [-0.15, -0.1) is 0 Å². The smallest absolute Gasteiger partial charge is 0.220 e. The van der Waals surface area contributed by atoms with Gasteiger partial charge < -0.3 is 5.32 Å². The Balaban J connectivity index is 1.84. The van der Waals surface area contributed by atoms with Crippen LogP contribution in [0.5, 0.6) is 0 Å². The number of rotatable bonds is 4. The number of carbonyl (C=O) groups excluding carboxylic acids is 1. The quantitative estimate of drug-likeness (QED) is 0.864. The first-order valence-corrected chi connectivity index (χ1v) is 7.58. The molecule has 1 fully saturated rings. The molecular weight excluding hydrogens is 258 g/mol. The van der Waals surface area contributed by atoms with E-state index in [0.717, 1.165) is 5.56 Å². The molecule has 1 aromatic rings. The molecule has 3 heteroatoms. The summed E-state index contributed by atoms with van der Waals surface area (Å²) in [6.45, 7) is 2.00. The van der Waals surface area contributed by atoms with Crippen molar-refractivity contribution >= 4 is 17.5 Å². The fraction of sp³-hybridized carbons (Fsp3) is 0.562. The average Bonchev–Trinajstić information content (AvgIpc) is 2.39. The zero-order valence-electron chi connectivity index (χ0n) is 11.5. The molecule has 1 unspecified atom stereocenters. The number of hydrogen-bond acceptors (Lipinski definition) is 1. The second-order valence-electron chi connectivity index (χ2n) is 5.55. The van der Waals surface area contributed by atoms with Gasteiger partial charge in [0.15, 0.2) is 0 Å². The molecule has 104 valence electrons. The van der Waals surface area contributed by atoms with E-state index in [9.17, 15) is 4.79 Å². The molecule has 1 aliphatic carbocycles. The van der Waals surface area contributed by atoms with E-state index in [-0.39, 0.29) is 11.9 Å². The third kappa shape index (κ3) is 4.54. The number of halogens is 1. The van der Waals surface area contributed by atoms with Crippen molar-refractivity contribution in [1.29, 1.82) is 0 Å². The van der Waals surface area contributed by atoms with Crippen molar-refractivity contribution in [3.63, 3.8) is 0 Å². The molecular formula is C16H22ClNO. The maximum Gasteiger partial charge on any atom is 0.220 e. The molecule has 2 rings (SSSR count). The molecule has 1 aliphatic rings. The van der Waals surface area contributed by atoms with Crippen LogP contribution in [0.15, 0.2) is 24.3 Å². The summed E-state index contributed by atoms with van der Waals surface area (Å²) in [5.41, 5.74) is 1.06. The predicted octanol–water partition coefficient (Wildman–Crippen LogP) is 4.49. The normalized spacial score (nSPS) is 18.0. The fourth-order valence-corrected chi connectivity index (χ4v) is 3.01. The Labute approximate surface area is 120 Å². The van der Waals surface area contributed by atoms with E-state index in [4.69, 9.17) is 11.6 Å². The van der Waals surface area contributed by atoms with Gasteiger partial charge in [-0.3, -0.25) is 4.79 Å². The Hall–Kier alpha value is -1.02. The first-order chi connectivity index (χ1) is 9.15. The number of amides is 1. The zero-order chi connectivity index (χ0) is 13.7. The zero-order valence-corrected chi connectivity index (χ0v) is 12.2. The standard InChI is InChI=1S/C16H22ClNO/c1-12(14-8-5-9-15(17)11-14)18-16(19)10-13-6-3-2-4-7-13/h5,8-9,11-13H,2-4,6-7,10H2,1H3,(H,18,19). The van der Waals surface area contributed by atoms with Gasteiger partial charge >= 0.3 is 0 Å². The lowest BCUT2D eigenvalue weighted by atomic mass is 9.87. The largest absolute Gasteiger partial charge is 0.350 e. The van der Waals surface area contributed by atoms with E-state index in [1.54, 1.807) is 0 Å². The maximum absolute atomic E-state index is 12.0. The molecule has 19 heavy (non-hydrogen) atoms. The average molecular weight is 280 g/mol. The molecule has 1 aromatic carbocycles. The molecule has 0 saturated heterocycles. The summed E-state index contributed by atoms with van der Waals surface area (Å²) in [5, 5.41) is 3.79. The van der Waals surface area contributed by atoms with Crippen molar-refractivity contribution in [3.05, 3.63) is 34.9 Å². The minimum absolute atomic E-state index is 0.0230. The van der Waals surface area contributed by atoms with Gasteiger partial charge in [-0.05, 0) is 43.4 Å². The molecule has 2 nitrogen and oxygen atoms in total. The summed E-state index contributed by atoms with van der Waals surface area (Å²) < 4.78 is 0. The minimum atomic E-state index is 0.0230. The summed E-state index contributed by atoms with van der Waals surface area (Å²) in [6.07, 6.45) is 6.98. The maximum atomic E-state index is 12.0. The summed E-state index contributed by atoms with van der Waals surface area (Å²) >= 11 is 5.97. The predicted molar refractivity (Wildman–Crippen MR) is 79.2 cm³/mol. The SMILES string of the molecule is CC(NC(=O)CC1CCCCC1)c1cccc(Cl)c1. The molecule has 0 radical (unpaired) electrons. The van der Waals surface area contributed by atoms with Crippen LogP contribution in [0.2, 0.25) is 5.02 Å². The van der Waals surface area contributed by atoms with Crippen LogP contribution < -0.4 is 5.32 Å². The highest BCUT2D eigenvalue weighted by molar-refractivity contribution is 6.30. The summed E-state index contributed by atoms with van der Waals surface area (Å²) in [6, 6.07) is 7.70. The van der Waals surface area contributed by atoms with Gasteiger partial charge in [-0.1, -0.05) is 43.0 Å². The second kappa shape index (κ2) is 6.95. The van der Waals surface area contributed by atoms with Crippen LogP contribution in [-0.4, -0.2) is 5.91 Å². The van der Waals surface area contributed by atoms with Crippen LogP contribution >= 0.6 is 11.6 Å². The van der Waals surface area contributed by atoms with Crippen LogP contribution in [0.4, 0.5) is 0 Å². The van der Waals surface area contributed by atoms with Gasteiger partial charge in [0.1, 0.15) is 0 Å². The van der Waals surface area contributed by atoms with Gasteiger partial charge in [-0.2, -0.15) is 0 Å². The summed E-state index contributed by atoms with van der Waals surface area (Å²) in [7, 11) is 0. The van der Waals surface area contributed by atoms with Gasteiger partial charge in [0.05, 0.1) is 6.04 Å². The lowest BCUT2D eigenvalue weighted by Gasteiger charge is -2.22. The Kier molecular flexibility index (Phi) is 5.26. The Morgan fingerprint density at radius 2 is 2.11 bits per heavy atom. The van der Waals surface area contributed by atoms with Crippen molar-refractivity contribution in [2.75, 3.05) is 0 Å². The number of hydrogen-bond donors (Lipinski definition) is 1. The van der Waals surface area contributed by atoms with Gasteiger partial charge in [0, 0.05) is 11.4 Å². The van der Waals surface area contributed by atoms with Crippen molar-refractivity contribution in [1.82, 2.24) is 5.32 Å². The van der Waals surface area contributed by atoms with Crippen LogP contribution in [0, 0.1) is 5.92 Å². The van der Waals surface area contributed by atoms with E-state index < -0.39 is 0 Å². The number of carbonyl (C=O) groups is 1. The highest BCUT2D eigenvalue weighted by Crippen LogP contribution is 2.26. The van der Waals surface area contributed by atoms with Crippen molar-refractivity contribution in [2.24, 2.45) is 5.92 Å². The second-order valence-corrected chi connectivity index (χ2v) is 5.99. The summed E-state index contributed by atoms with van der Waals surface area (Å²) in [4.78, 5) is 12.0. The Bertz CT molecular complexity index is 427. The van der Waals surface area contributed by atoms with Gasteiger partial charge in [0.25, 0.3) is 0 Å². The molecule has 0 aromatic heterocycles. The molecule has 0 spiro atoms. The highest BCUT2D eigenvalue weighted by atomic mass is 35.5. The van der Waals surface area contributed by atoms with Crippen LogP contribution in [-0.2, 0) is 4.79 Å². The fourth-order valence-electron chi connectivity index (χ4n) is 2.81. The molecule has 0 heterocycles. The Morgan fingerprint density at radius 1 is 1.37 bits per heavy atom. The van der Waals surface area contributed by atoms with Gasteiger partial charge in [-0.25, -0.2) is 0 Å². The van der Waals surface area contributed by atoms with E-state index in [1.807, 2.05) is 31.2 Å². The van der Waals surface area contributed by atoms with Crippen LogP contribution in [0.3, 0.4) is 0 Å². The molecule has 0 aliphatic heterocycles. The minimum Gasteiger partial charge on any atom is -0.350 e. The molecule has 1 amide bonds. The molecule has 1 N–H and O–H groups in total. The topological polar surface area (TPSA) is 29.1 Å². The van der Waals surface area contributed by atoms with Gasteiger partial charge in [0.2, 0.25) is 5.91 Å². The lowest BCUT2D eigenvalue weighted by Crippen LogP contribution is -2.28. The number of benzene rings is 1. The van der Waals surface area contributed by atoms with E-state index >= 15 is 0 Å². The van der Waals surface area contributed by atoms with E-state index in [0.29, 0.717) is 17.4 Å². The molecule has 1 saturated carbocycles. The first-order valence-electron chi connectivity index (χ1n) is 7.20. The highest BCUT2D eigenvalue weighted by Gasteiger charge is 2.18. The molecule has 1 atom stereocenters.